The predicted octanol–water partition coefficient (Wildman–Crippen LogP) is 3.65. The van der Waals surface area contributed by atoms with Gasteiger partial charge >= 0.3 is 0 Å². The SMILES string of the molecule is Cc1ccc(/C=C/C(=O)Nc2ccccc2CN2CCCC(C(N)=O)C2)c(C)c1. The van der Waals surface area contributed by atoms with Gasteiger partial charge in [-0.2, -0.15) is 0 Å². The fraction of sp³-hybridized carbons (Fsp3) is 0.333. The van der Waals surface area contributed by atoms with Crippen molar-refractivity contribution < 1.29 is 9.59 Å². The molecule has 29 heavy (non-hydrogen) atoms. The summed E-state index contributed by atoms with van der Waals surface area (Å²) in [6.07, 6.45) is 5.22. The van der Waals surface area contributed by atoms with E-state index in [0.717, 1.165) is 41.8 Å². The molecule has 2 aromatic carbocycles. The molecule has 5 nitrogen and oxygen atoms in total. The highest BCUT2D eigenvalue weighted by Crippen LogP contribution is 2.22. The van der Waals surface area contributed by atoms with Gasteiger partial charge in [-0.15, -0.1) is 0 Å². The quantitative estimate of drug-likeness (QED) is 0.738. The first-order valence-corrected chi connectivity index (χ1v) is 10.1. The number of likely N-dealkylation sites (tertiary alicyclic amines) is 1. The van der Waals surface area contributed by atoms with Gasteiger partial charge in [-0.25, -0.2) is 0 Å². The Hall–Kier alpha value is -2.92. The van der Waals surface area contributed by atoms with Crippen molar-refractivity contribution in [3.63, 3.8) is 0 Å². The molecular formula is C24H29N3O2. The number of benzene rings is 2. The Morgan fingerprint density at radius 2 is 2.00 bits per heavy atom. The Bertz CT molecular complexity index is 920. The lowest BCUT2D eigenvalue weighted by molar-refractivity contribution is -0.123. The summed E-state index contributed by atoms with van der Waals surface area (Å²) in [5, 5.41) is 2.99. The first kappa shape index (κ1) is 20.8. The Kier molecular flexibility index (Phi) is 6.83. The molecule has 1 unspecified atom stereocenters. The van der Waals surface area contributed by atoms with Crippen molar-refractivity contribution in [3.05, 3.63) is 70.8 Å². The largest absolute Gasteiger partial charge is 0.369 e. The molecule has 5 heteroatoms. The van der Waals surface area contributed by atoms with Crippen LogP contribution in [0.1, 0.15) is 35.1 Å². The van der Waals surface area contributed by atoms with Gasteiger partial charge in [0.2, 0.25) is 11.8 Å². The van der Waals surface area contributed by atoms with E-state index in [9.17, 15) is 9.59 Å². The number of carbonyl (C=O) groups excluding carboxylic acids is 2. The molecule has 3 rings (SSSR count). The van der Waals surface area contributed by atoms with Gasteiger partial charge in [-0.1, -0.05) is 42.0 Å². The molecule has 1 aliphatic heterocycles. The van der Waals surface area contributed by atoms with Crippen molar-refractivity contribution >= 4 is 23.6 Å². The van der Waals surface area contributed by atoms with Crippen LogP contribution >= 0.6 is 0 Å². The minimum absolute atomic E-state index is 0.0915. The Balaban J connectivity index is 1.66. The van der Waals surface area contributed by atoms with E-state index in [1.807, 2.05) is 49.4 Å². The molecular weight excluding hydrogens is 362 g/mol. The van der Waals surface area contributed by atoms with Crippen molar-refractivity contribution in [1.82, 2.24) is 4.90 Å². The van der Waals surface area contributed by atoms with E-state index in [1.54, 1.807) is 6.08 Å². The number of rotatable bonds is 6. The van der Waals surface area contributed by atoms with Crippen molar-refractivity contribution in [2.45, 2.75) is 33.2 Å². The van der Waals surface area contributed by atoms with Crippen LogP contribution in [-0.4, -0.2) is 29.8 Å². The molecule has 0 radical (unpaired) electrons. The van der Waals surface area contributed by atoms with Gasteiger partial charge < -0.3 is 11.1 Å². The molecule has 0 spiro atoms. The smallest absolute Gasteiger partial charge is 0.248 e. The fourth-order valence-corrected chi connectivity index (χ4v) is 3.80. The van der Waals surface area contributed by atoms with Crippen molar-refractivity contribution in [3.8, 4) is 0 Å². The lowest BCUT2D eigenvalue weighted by atomic mass is 9.97. The maximum atomic E-state index is 12.5. The molecule has 2 aromatic rings. The molecule has 1 aliphatic rings. The fourth-order valence-electron chi connectivity index (χ4n) is 3.80. The summed E-state index contributed by atoms with van der Waals surface area (Å²) in [5.41, 5.74) is 10.7. The van der Waals surface area contributed by atoms with Gasteiger partial charge in [-0.05, 0) is 62.1 Å². The van der Waals surface area contributed by atoms with Crippen LogP contribution in [0.15, 0.2) is 48.5 Å². The average Bonchev–Trinajstić information content (AvgIpc) is 2.69. The summed E-state index contributed by atoms with van der Waals surface area (Å²) in [6, 6.07) is 14.0. The van der Waals surface area contributed by atoms with Crippen LogP contribution in [0.4, 0.5) is 5.69 Å². The van der Waals surface area contributed by atoms with E-state index in [4.69, 9.17) is 5.73 Å². The van der Waals surface area contributed by atoms with Crippen molar-refractivity contribution in [1.29, 1.82) is 0 Å². The first-order chi connectivity index (χ1) is 13.9. The molecule has 152 valence electrons. The van der Waals surface area contributed by atoms with Crippen LogP contribution in [0, 0.1) is 19.8 Å². The Labute approximate surface area is 172 Å². The van der Waals surface area contributed by atoms with Gasteiger partial charge in [0.05, 0.1) is 5.92 Å². The number of amides is 2. The van der Waals surface area contributed by atoms with Crippen molar-refractivity contribution in [2.75, 3.05) is 18.4 Å². The van der Waals surface area contributed by atoms with Crippen molar-refractivity contribution in [2.24, 2.45) is 11.7 Å². The molecule has 1 fully saturated rings. The molecule has 2 amide bonds. The third-order valence-corrected chi connectivity index (χ3v) is 5.42. The molecule has 1 saturated heterocycles. The number of para-hydroxylation sites is 1. The molecule has 3 N–H and O–H groups in total. The van der Waals surface area contributed by atoms with Crippen LogP contribution in [-0.2, 0) is 16.1 Å². The highest BCUT2D eigenvalue weighted by Gasteiger charge is 2.24. The molecule has 0 saturated carbocycles. The molecule has 1 heterocycles. The normalized spacial score (nSPS) is 17.4. The topological polar surface area (TPSA) is 75.4 Å². The lowest BCUT2D eigenvalue weighted by Crippen LogP contribution is -2.40. The second kappa shape index (κ2) is 9.52. The lowest BCUT2D eigenvalue weighted by Gasteiger charge is -2.31. The second-order valence-corrected chi connectivity index (χ2v) is 7.82. The van der Waals surface area contributed by atoms with E-state index in [0.29, 0.717) is 13.1 Å². The van der Waals surface area contributed by atoms with Gasteiger partial charge in [0.25, 0.3) is 0 Å². The van der Waals surface area contributed by atoms with Crippen LogP contribution in [0.25, 0.3) is 6.08 Å². The summed E-state index contributed by atoms with van der Waals surface area (Å²) in [5.74, 6) is -0.481. The standard InChI is InChI=1S/C24H29N3O2/c1-17-9-10-19(18(2)14-17)11-12-23(28)26-22-8-4-3-6-20(22)15-27-13-5-7-21(16-27)24(25)29/h3-4,6,8-12,14,21H,5,7,13,15-16H2,1-2H3,(H2,25,29)(H,26,28)/b12-11+. The maximum Gasteiger partial charge on any atom is 0.248 e. The van der Waals surface area contributed by atoms with E-state index < -0.39 is 0 Å². The number of nitrogens with two attached hydrogens (primary N) is 1. The number of piperidine rings is 1. The van der Waals surface area contributed by atoms with Gasteiger partial charge in [0.1, 0.15) is 0 Å². The number of nitrogens with zero attached hydrogens (tertiary/aromatic N) is 1. The number of anilines is 1. The summed E-state index contributed by atoms with van der Waals surface area (Å²) >= 11 is 0. The van der Waals surface area contributed by atoms with Gasteiger partial charge in [-0.3, -0.25) is 14.5 Å². The van der Waals surface area contributed by atoms with E-state index in [2.05, 4.69) is 23.2 Å². The minimum Gasteiger partial charge on any atom is -0.369 e. The number of nitrogens with one attached hydrogen (secondary N) is 1. The number of hydrogen-bond donors (Lipinski definition) is 2. The second-order valence-electron chi connectivity index (χ2n) is 7.82. The molecule has 1 atom stereocenters. The van der Waals surface area contributed by atoms with Gasteiger partial charge in [0, 0.05) is 24.9 Å². The zero-order chi connectivity index (χ0) is 20.8. The summed E-state index contributed by atoms with van der Waals surface area (Å²) in [6.45, 7) is 6.37. The Morgan fingerprint density at radius 1 is 1.21 bits per heavy atom. The molecule has 0 bridgehead atoms. The zero-order valence-electron chi connectivity index (χ0n) is 17.2. The third kappa shape index (κ3) is 5.78. The highest BCUT2D eigenvalue weighted by atomic mass is 16.1. The van der Waals surface area contributed by atoms with Crippen LogP contribution in [0.2, 0.25) is 0 Å². The predicted molar refractivity (Wildman–Crippen MR) is 117 cm³/mol. The third-order valence-electron chi connectivity index (χ3n) is 5.42. The van der Waals surface area contributed by atoms with Crippen LogP contribution in [0.5, 0.6) is 0 Å². The van der Waals surface area contributed by atoms with Crippen LogP contribution < -0.4 is 11.1 Å². The Morgan fingerprint density at radius 3 is 2.76 bits per heavy atom. The number of hydrogen-bond acceptors (Lipinski definition) is 3. The molecule has 0 aliphatic carbocycles. The zero-order valence-corrected chi connectivity index (χ0v) is 17.2. The summed E-state index contributed by atoms with van der Waals surface area (Å²) in [7, 11) is 0. The molecule has 0 aromatic heterocycles. The summed E-state index contributed by atoms with van der Waals surface area (Å²) < 4.78 is 0. The average molecular weight is 392 g/mol. The van der Waals surface area contributed by atoms with Crippen LogP contribution in [0.3, 0.4) is 0 Å². The van der Waals surface area contributed by atoms with E-state index in [-0.39, 0.29) is 17.7 Å². The minimum atomic E-state index is -0.229. The number of carbonyl (C=O) groups is 2. The van der Waals surface area contributed by atoms with Gasteiger partial charge in [0.15, 0.2) is 0 Å². The number of primary amides is 1. The monoisotopic (exact) mass is 391 g/mol. The highest BCUT2D eigenvalue weighted by molar-refractivity contribution is 6.02. The van der Waals surface area contributed by atoms with E-state index >= 15 is 0 Å². The number of aryl methyl sites for hydroxylation is 2. The maximum absolute atomic E-state index is 12.5. The first-order valence-electron chi connectivity index (χ1n) is 10.1. The summed E-state index contributed by atoms with van der Waals surface area (Å²) in [4.78, 5) is 26.2. The van der Waals surface area contributed by atoms with E-state index in [1.165, 1.54) is 5.56 Å².